The molecule has 3 atom stereocenters. The first-order chi connectivity index (χ1) is 21.6. The zero-order valence-corrected chi connectivity index (χ0v) is 30.5. The molecular formula is C34H49N3O7SSi. The van der Waals surface area contributed by atoms with Crippen molar-refractivity contribution >= 4 is 24.1 Å². The maximum atomic E-state index is 11.8. The van der Waals surface area contributed by atoms with E-state index in [0.717, 1.165) is 23.2 Å². The van der Waals surface area contributed by atoms with E-state index in [9.17, 15) is 8.42 Å². The number of aliphatic imine (C=N–C) groups is 1. The number of aromatic amines is 1. The van der Waals surface area contributed by atoms with Gasteiger partial charge in [0.05, 0.1) is 25.5 Å². The zero-order chi connectivity index (χ0) is 33.8. The van der Waals surface area contributed by atoms with Crippen LogP contribution in [0.15, 0.2) is 58.7 Å². The standard InChI is InChI=1S/C34H49N3O7SSi/c1-21(2)46(22(3)4,23(5)6)41-20-32-25(8)36-34(44-32)31-13-12-30(37-31)26-15-28(42-24(7)19-40-9)17-29(16-26)43-27-11-14-33(35-18-27)45(10,38)39/h11-18,21-25,32,37H,19-20H2,1-10H3. The molecule has 1 aliphatic rings. The van der Waals surface area contributed by atoms with Crippen LogP contribution in [-0.4, -0.2) is 77.4 Å². The largest absolute Gasteiger partial charge is 0.488 e. The van der Waals surface area contributed by atoms with Gasteiger partial charge in [-0.1, -0.05) is 41.5 Å². The Bertz CT molecular complexity index is 1580. The molecule has 4 rings (SSSR count). The summed E-state index contributed by atoms with van der Waals surface area (Å²) >= 11 is 0. The van der Waals surface area contributed by atoms with E-state index in [4.69, 9.17) is 28.4 Å². The normalized spacial score (nSPS) is 17.8. The van der Waals surface area contributed by atoms with Crippen molar-refractivity contribution in [2.45, 2.75) is 95.3 Å². The number of rotatable bonds is 15. The van der Waals surface area contributed by atoms with Crippen molar-refractivity contribution in [3.63, 3.8) is 0 Å². The number of nitrogens with one attached hydrogen (secondary N) is 1. The van der Waals surface area contributed by atoms with Gasteiger partial charge in [0.25, 0.3) is 0 Å². The summed E-state index contributed by atoms with van der Waals surface area (Å²) in [6.07, 6.45) is 2.14. The second-order valence-corrected chi connectivity index (χ2v) is 20.5. The molecule has 1 aromatic carbocycles. The van der Waals surface area contributed by atoms with E-state index >= 15 is 0 Å². The van der Waals surface area contributed by atoms with E-state index in [1.165, 1.54) is 12.3 Å². The Morgan fingerprint density at radius 2 is 1.57 bits per heavy atom. The second kappa shape index (κ2) is 14.7. The molecule has 10 nitrogen and oxygen atoms in total. The maximum Gasteiger partial charge on any atom is 0.233 e. The fourth-order valence-electron chi connectivity index (χ4n) is 6.40. The van der Waals surface area contributed by atoms with E-state index in [0.29, 0.717) is 53.0 Å². The molecule has 1 aliphatic heterocycles. The highest BCUT2D eigenvalue weighted by molar-refractivity contribution is 7.90. The number of benzene rings is 1. The molecule has 3 aromatic rings. The Balaban J connectivity index is 1.55. The Hall–Kier alpha value is -3.19. The molecular weight excluding hydrogens is 623 g/mol. The number of hydrogen-bond acceptors (Lipinski definition) is 9. The van der Waals surface area contributed by atoms with E-state index < -0.39 is 18.2 Å². The lowest BCUT2D eigenvalue weighted by Gasteiger charge is -2.42. The van der Waals surface area contributed by atoms with Crippen molar-refractivity contribution in [3.8, 4) is 28.5 Å². The summed E-state index contributed by atoms with van der Waals surface area (Å²) in [6.45, 7) is 18.6. The van der Waals surface area contributed by atoms with Crippen LogP contribution in [0.2, 0.25) is 16.6 Å². The van der Waals surface area contributed by atoms with Crippen molar-refractivity contribution < 1.29 is 31.8 Å². The number of nitrogens with zero attached hydrogens (tertiary/aromatic N) is 2. The molecule has 46 heavy (non-hydrogen) atoms. The monoisotopic (exact) mass is 671 g/mol. The highest BCUT2D eigenvalue weighted by atomic mass is 32.2. The molecule has 0 aliphatic carbocycles. The van der Waals surface area contributed by atoms with Crippen LogP contribution in [0.25, 0.3) is 11.3 Å². The lowest BCUT2D eigenvalue weighted by molar-refractivity contribution is 0.0920. The number of H-pyrrole nitrogens is 1. The Morgan fingerprint density at radius 1 is 0.913 bits per heavy atom. The molecule has 0 saturated carbocycles. The minimum Gasteiger partial charge on any atom is -0.488 e. The van der Waals surface area contributed by atoms with E-state index in [-0.39, 0.29) is 23.3 Å². The van der Waals surface area contributed by atoms with Gasteiger partial charge in [0.2, 0.25) is 14.2 Å². The third kappa shape index (κ3) is 8.20. The van der Waals surface area contributed by atoms with Crippen LogP contribution in [0, 0.1) is 0 Å². The van der Waals surface area contributed by atoms with Crippen molar-refractivity contribution in [3.05, 3.63) is 54.4 Å². The Morgan fingerprint density at radius 3 is 2.15 bits per heavy atom. The van der Waals surface area contributed by atoms with Crippen molar-refractivity contribution in [1.29, 1.82) is 0 Å². The van der Waals surface area contributed by atoms with Crippen LogP contribution >= 0.6 is 0 Å². The van der Waals surface area contributed by atoms with Gasteiger partial charge < -0.3 is 28.4 Å². The SMILES string of the molecule is COCC(C)Oc1cc(Oc2ccc(S(C)(=O)=O)nc2)cc(-c2ccc(C3=NC(C)C(CO[Si](C(C)C)(C(C)C)C(C)C)O3)[nH]2)c1. The highest BCUT2D eigenvalue weighted by Gasteiger charge is 2.46. The summed E-state index contributed by atoms with van der Waals surface area (Å²) in [5.74, 6) is 2.04. The van der Waals surface area contributed by atoms with E-state index in [1.54, 1.807) is 19.2 Å². The summed E-state index contributed by atoms with van der Waals surface area (Å²) in [4.78, 5) is 12.3. The van der Waals surface area contributed by atoms with Gasteiger partial charge in [0, 0.05) is 30.7 Å². The molecule has 2 aromatic heterocycles. The Kier molecular flexibility index (Phi) is 11.4. The predicted molar refractivity (Wildman–Crippen MR) is 183 cm³/mol. The van der Waals surface area contributed by atoms with Gasteiger partial charge in [0.15, 0.2) is 14.9 Å². The zero-order valence-electron chi connectivity index (χ0n) is 28.7. The van der Waals surface area contributed by atoms with Crippen molar-refractivity contribution in [1.82, 2.24) is 9.97 Å². The molecule has 252 valence electrons. The minimum atomic E-state index is -3.42. The predicted octanol–water partition coefficient (Wildman–Crippen LogP) is 7.41. The average Bonchev–Trinajstić information content (AvgIpc) is 3.60. The summed E-state index contributed by atoms with van der Waals surface area (Å²) in [5, 5.41) is -0.0220. The average molecular weight is 672 g/mol. The summed E-state index contributed by atoms with van der Waals surface area (Å²) in [5.41, 5.74) is 3.88. The quantitative estimate of drug-likeness (QED) is 0.166. The van der Waals surface area contributed by atoms with E-state index in [2.05, 4.69) is 58.4 Å². The third-order valence-corrected chi connectivity index (χ3v) is 15.6. The lowest BCUT2D eigenvalue weighted by atomic mass is 10.1. The van der Waals surface area contributed by atoms with Crippen LogP contribution in [0.3, 0.4) is 0 Å². The van der Waals surface area contributed by atoms with Crippen molar-refractivity contribution in [2.75, 3.05) is 26.6 Å². The molecule has 3 unspecified atom stereocenters. The van der Waals surface area contributed by atoms with Crippen LogP contribution in [-0.2, 0) is 23.7 Å². The molecule has 0 radical (unpaired) electrons. The topological polar surface area (TPSA) is 121 Å². The summed E-state index contributed by atoms with van der Waals surface area (Å²) in [6, 6.07) is 12.4. The van der Waals surface area contributed by atoms with Gasteiger partial charge in [0.1, 0.15) is 35.2 Å². The van der Waals surface area contributed by atoms with Gasteiger partial charge in [-0.2, -0.15) is 0 Å². The lowest BCUT2D eigenvalue weighted by Crippen LogP contribution is -2.49. The van der Waals surface area contributed by atoms with Crippen LogP contribution in [0.1, 0.15) is 61.1 Å². The highest BCUT2D eigenvalue weighted by Crippen LogP contribution is 2.42. The van der Waals surface area contributed by atoms with Crippen LogP contribution in [0.5, 0.6) is 17.2 Å². The number of hydrogen-bond donors (Lipinski definition) is 1. The number of ether oxygens (including phenoxy) is 4. The first-order valence-corrected chi connectivity index (χ1v) is 19.9. The van der Waals surface area contributed by atoms with Crippen molar-refractivity contribution in [2.24, 2.45) is 4.99 Å². The summed E-state index contributed by atoms with van der Waals surface area (Å²) in [7, 11) is -3.83. The first-order valence-electron chi connectivity index (χ1n) is 15.9. The second-order valence-electron chi connectivity index (χ2n) is 13.0. The van der Waals surface area contributed by atoms with Gasteiger partial charge in [-0.25, -0.2) is 18.4 Å². The number of aromatic nitrogens is 2. The number of methoxy groups -OCH3 is 1. The third-order valence-electron chi connectivity index (χ3n) is 8.50. The first kappa shape index (κ1) is 35.7. The molecule has 0 amide bonds. The minimum absolute atomic E-state index is 0.0220. The summed E-state index contributed by atoms with van der Waals surface area (Å²) < 4.78 is 54.3. The molecule has 12 heteroatoms. The molecule has 0 fully saturated rings. The molecule has 0 bridgehead atoms. The van der Waals surface area contributed by atoms with Gasteiger partial charge in [-0.3, -0.25) is 0 Å². The number of pyridine rings is 1. The fourth-order valence-corrected chi connectivity index (χ4v) is 12.4. The molecule has 3 heterocycles. The van der Waals surface area contributed by atoms with E-state index in [1.807, 2.05) is 31.2 Å². The van der Waals surface area contributed by atoms with Gasteiger partial charge in [-0.05, 0) is 66.9 Å². The maximum absolute atomic E-state index is 11.8. The molecule has 1 N–H and O–H groups in total. The van der Waals surface area contributed by atoms with Gasteiger partial charge in [-0.15, -0.1) is 0 Å². The fraction of sp³-hybridized carbons (Fsp3) is 0.529. The number of sulfone groups is 1. The van der Waals surface area contributed by atoms with Crippen LogP contribution < -0.4 is 9.47 Å². The smallest absolute Gasteiger partial charge is 0.233 e. The van der Waals surface area contributed by atoms with Crippen LogP contribution in [0.4, 0.5) is 0 Å². The molecule has 0 saturated heterocycles. The molecule has 0 spiro atoms. The Labute approximate surface area is 274 Å². The van der Waals surface area contributed by atoms with Gasteiger partial charge >= 0.3 is 0 Å².